The minimum Gasteiger partial charge on any atom is -0.368 e. The summed E-state index contributed by atoms with van der Waals surface area (Å²) in [5.74, 6) is 0.0534. The van der Waals surface area contributed by atoms with Crippen molar-refractivity contribution in [2.75, 3.05) is 42.7 Å². The number of pyridine rings is 1. The number of piperazine rings is 1. The Kier molecular flexibility index (Phi) is 7.85. The molecule has 1 fully saturated rings. The van der Waals surface area contributed by atoms with Crippen LogP contribution in [0.4, 0.5) is 30.5 Å². The molecule has 1 saturated heterocycles. The third-order valence-corrected chi connectivity index (χ3v) is 7.95. The van der Waals surface area contributed by atoms with Crippen molar-refractivity contribution in [1.82, 2.24) is 19.9 Å². The lowest BCUT2D eigenvalue weighted by Gasteiger charge is -2.31. The molecule has 0 bridgehead atoms. The standard InChI is InChI=1S/C27H26ClF3N6O2S/c1-3-37-24-16(12-20(25(37)38)19-6-5-18(40(2)39)14-22(19)28)15-33-26(35-24)34-17-4-7-23(21(13-17)27(29,30)31)36-10-8-32-9-11-36/h4-7,12-15,32H,3,8-11H2,1-2H3,(H,33,34,35). The van der Waals surface area contributed by atoms with E-state index in [1.54, 1.807) is 48.4 Å². The van der Waals surface area contributed by atoms with Gasteiger partial charge < -0.3 is 15.5 Å². The number of fused-ring (bicyclic) bond motifs is 1. The molecule has 40 heavy (non-hydrogen) atoms. The SMILES string of the molecule is CCn1c(=O)c(-c2ccc(S(C)=O)cc2Cl)cc2cnc(Nc3ccc(N4CCNCC4)c(C(F)(F)F)c3)nc21. The number of aromatic nitrogens is 3. The molecule has 0 saturated carbocycles. The van der Waals surface area contributed by atoms with Gasteiger partial charge in [-0.05, 0) is 43.3 Å². The van der Waals surface area contributed by atoms with Crippen LogP contribution in [-0.2, 0) is 23.5 Å². The third kappa shape index (κ3) is 5.56. The monoisotopic (exact) mass is 590 g/mol. The Morgan fingerprint density at radius 1 is 1.10 bits per heavy atom. The molecule has 0 aliphatic carbocycles. The number of benzene rings is 2. The Balaban J connectivity index is 1.52. The lowest BCUT2D eigenvalue weighted by molar-refractivity contribution is -0.137. The van der Waals surface area contributed by atoms with E-state index < -0.39 is 22.5 Å². The van der Waals surface area contributed by atoms with E-state index in [2.05, 4.69) is 20.6 Å². The van der Waals surface area contributed by atoms with Crippen LogP contribution in [0.3, 0.4) is 0 Å². The number of aryl methyl sites for hydroxylation is 1. The molecule has 1 atom stereocenters. The molecule has 0 spiro atoms. The summed E-state index contributed by atoms with van der Waals surface area (Å²) in [7, 11) is -1.23. The maximum atomic E-state index is 14.0. The van der Waals surface area contributed by atoms with E-state index >= 15 is 0 Å². The van der Waals surface area contributed by atoms with E-state index in [-0.39, 0.29) is 34.4 Å². The molecule has 5 rings (SSSR count). The van der Waals surface area contributed by atoms with Crippen molar-refractivity contribution in [1.29, 1.82) is 0 Å². The van der Waals surface area contributed by atoms with Gasteiger partial charge in [0, 0.05) is 93.8 Å². The van der Waals surface area contributed by atoms with Gasteiger partial charge in [0.2, 0.25) is 5.95 Å². The normalized spacial score (nSPS) is 14.9. The summed E-state index contributed by atoms with van der Waals surface area (Å²) in [5, 5.41) is 6.84. The first-order valence-electron chi connectivity index (χ1n) is 12.5. The Labute approximate surface area is 235 Å². The minimum atomic E-state index is -4.55. The fourth-order valence-electron chi connectivity index (χ4n) is 4.75. The van der Waals surface area contributed by atoms with Crippen molar-refractivity contribution < 1.29 is 17.4 Å². The van der Waals surface area contributed by atoms with Crippen molar-refractivity contribution in [2.45, 2.75) is 24.5 Å². The van der Waals surface area contributed by atoms with Crippen LogP contribution < -0.4 is 21.1 Å². The number of anilines is 3. The molecule has 1 unspecified atom stereocenters. The van der Waals surface area contributed by atoms with Crippen LogP contribution in [0.25, 0.3) is 22.2 Å². The maximum absolute atomic E-state index is 14.0. The lowest BCUT2D eigenvalue weighted by atomic mass is 10.1. The fourth-order valence-corrected chi connectivity index (χ4v) is 5.64. The largest absolute Gasteiger partial charge is 0.418 e. The van der Waals surface area contributed by atoms with Crippen molar-refractivity contribution >= 4 is 50.8 Å². The van der Waals surface area contributed by atoms with Crippen LogP contribution in [0.2, 0.25) is 5.02 Å². The van der Waals surface area contributed by atoms with Gasteiger partial charge in [0.05, 0.1) is 5.56 Å². The second kappa shape index (κ2) is 11.2. The molecular weight excluding hydrogens is 565 g/mol. The number of rotatable bonds is 6. The van der Waals surface area contributed by atoms with E-state index in [4.69, 9.17) is 11.6 Å². The number of alkyl halides is 3. The van der Waals surface area contributed by atoms with Gasteiger partial charge in [-0.3, -0.25) is 13.6 Å². The molecular formula is C27H26ClF3N6O2S. The number of hydrogen-bond acceptors (Lipinski definition) is 7. The van der Waals surface area contributed by atoms with Gasteiger partial charge in [0.15, 0.2) is 0 Å². The summed E-state index contributed by atoms with van der Waals surface area (Å²) in [6.45, 7) is 4.25. The molecule has 4 aromatic rings. The molecule has 2 N–H and O–H groups in total. The molecule has 0 radical (unpaired) electrons. The Morgan fingerprint density at radius 2 is 1.85 bits per heavy atom. The van der Waals surface area contributed by atoms with Crippen molar-refractivity contribution in [3.8, 4) is 11.1 Å². The van der Waals surface area contributed by atoms with Gasteiger partial charge in [-0.25, -0.2) is 4.98 Å². The maximum Gasteiger partial charge on any atom is 0.418 e. The van der Waals surface area contributed by atoms with Gasteiger partial charge in [0.1, 0.15) is 5.65 Å². The second-order valence-electron chi connectivity index (χ2n) is 9.27. The highest BCUT2D eigenvalue weighted by atomic mass is 35.5. The second-order valence-corrected chi connectivity index (χ2v) is 11.1. The molecule has 8 nitrogen and oxygen atoms in total. The zero-order chi connectivity index (χ0) is 28.6. The smallest absolute Gasteiger partial charge is 0.368 e. The van der Waals surface area contributed by atoms with E-state index in [0.717, 1.165) is 6.07 Å². The van der Waals surface area contributed by atoms with Crippen molar-refractivity contribution in [2.24, 2.45) is 0 Å². The van der Waals surface area contributed by atoms with Gasteiger partial charge in [0.25, 0.3) is 5.56 Å². The van der Waals surface area contributed by atoms with E-state index in [0.29, 0.717) is 53.2 Å². The van der Waals surface area contributed by atoms with Crippen molar-refractivity contribution in [3.63, 3.8) is 0 Å². The number of halogens is 4. The van der Waals surface area contributed by atoms with Gasteiger partial charge in [-0.2, -0.15) is 18.2 Å². The predicted octanol–water partition coefficient (Wildman–Crippen LogP) is 5.04. The topological polar surface area (TPSA) is 92.2 Å². The molecule has 2 aromatic heterocycles. The highest BCUT2D eigenvalue weighted by Gasteiger charge is 2.35. The summed E-state index contributed by atoms with van der Waals surface area (Å²) in [6, 6.07) is 10.6. The van der Waals surface area contributed by atoms with Crippen LogP contribution in [0.5, 0.6) is 0 Å². The molecule has 1 aliphatic rings. The van der Waals surface area contributed by atoms with Crippen LogP contribution in [0.15, 0.2) is 58.4 Å². The van der Waals surface area contributed by atoms with E-state index in [1.807, 2.05) is 0 Å². The zero-order valence-electron chi connectivity index (χ0n) is 21.7. The van der Waals surface area contributed by atoms with Crippen LogP contribution in [0.1, 0.15) is 12.5 Å². The number of nitrogens with zero attached hydrogens (tertiary/aromatic N) is 4. The Hall–Kier alpha value is -3.48. The molecule has 13 heteroatoms. The highest BCUT2D eigenvalue weighted by Crippen LogP contribution is 2.39. The average molecular weight is 591 g/mol. The molecule has 0 amide bonds. The zero-order valence-corrected chi connectivity index (χ0v) is 23.3. The average Bonchev–Trinajstić information content (AvgIpc) is 2.93. The first-order valence-corrected chi connectivity index (χ1v) is 14.5. The summed E-state index contributed by atoms with van der Waals surface area (Å²) in [5.41, 5.74) is 0.351. The summed E-state index contributed by atoms with van der Waals surface area (Å²) in [6.07, 6.45) is -1.51. The molecule has 1 aliphatic heterocycles. The van der Waals surface area contributed by atoms with Crippen LogP contribution in [-0.4, -0.2) is 51.2 Å². The minimum absolute atomic E-state index is 0.0534. The van der Waals surface area contributed by atoms with Gasteiger partial charge in [-0.1, -0.05) is 17.7 Å². The summed E-state index contributed by atoms with van der Waals surface area (Å²) < 4.78 is 55.2. The number of hydrogen-bond donors (Lipinski definition) is 2. The molecule has 2 aromatic carbocycles. The quantitative estimate of drug-likeness (QED) is 0.325. The van der Waals surface area contributed by atoms with Gasteiger partial charge in [-0.15, -0.1) is 0 Å². The first kappa shape index (κ1) is 28.1. The first-order chi connectivity index (χ1) is 19.1. The fraction of sp³-hybridized carbons (Fsp3) is 0.296. The van der Waals surface area contributed by atoms with Gasteiger partial charge >= 0.3 is 6.18 Å². The Morgan fingerprint density at radius 3 is 2.50 bits per heavy atom. The summed E-state index contributed by atoms with van der Waals surface area (Å²) in [4.78, 5) is 24.4. The van der Waals surface area contributed by atoms with Crippen LogP contribution >= 0.6 is 11.6 Å². The van der Waals surface area contributed by atoms with Crippen LogP contribution in [0, 0.1) is 0 Å². The molecule has 210 valence electrons. The Bertz CT molecular complexity index is 1670. The predicted molar refractivity (Wildman–Crippen MR) is 152 cm³/mol. The van der Waals surface area contributed by atoms with E-state index in [1.165, 1.54) is 16.8 Å². The molecule has 3 heterocycles. The van der Waals surface area contributed by atoms with Crippen molar-refractivity contribution in [3.05, 3.63) is 69.6 Å². The number of nitrogens with one attached hydrogen (secondary N) is 2. The highest BCUT2D eigenvalue weighted by molar-refractivity contribution is 7.84. The van der Waals surface area contributed by atoms with E-state index in [9.17, 15) is 22.2 Å². The summed E-state index contributed by atoms with van der Waals surface area (Å²) >= 11 is 6.44. The third-order valence-electron chi connectivity index (χ3n) is 6.72. The lowest BCUT2D eigenvalue weighted by Crippen LogP contribution is -2.44.